The predicted molar refractivity (Wildman–Crippen MR) is 80.7 cm³/mol. The standard InChI is InChI=1S/C14H24N2O5S/c1-3-22(20,21)15-8-4-5-11(9-15)13(17)16(12-6-7-12)10(2)14(18)19/h10-12H,3-9H2,1-2H3,(H,18,19). The second-order valence-corrected chi connectivity index (χ2v) is 8.35. The van der Waals surface area contributed by atoms with Gasteiger partial charge in [0.2, 0.25) is 15.9 Å². The van der Waals surface area contributed by atoms with Crippen LogP contribution in [-0.2, 0) is 19.6 Å². The highest BCUT2D eigenvalue weighted by Crippen LogP contribution is 2.32. The van der Waals surface area contributed by atoms with E-state index in [1.165, 1.54) is 16.1 Å². The second-order valence-electron chi connectivity index (χ2n) is 6.09. The normalized spacial score (nSPS) is 24.7. The van der Waals surface area contributed by atoms with E-state index in [0.29, 0.717) is 19.4 Å². The summed E-state index contributed by atoms with van der Waals surface area (Å²) >= 11 is 0. The number of carbonyl (C=O) groups is 2. The minimum absolute atomic E-state index is 0.00300. The smallest absolute Gasteiger partial charge is 0.326 e. The van der Waals surface area contributed by atoms with Crippen LogP contribution in [-0.4, -0.2) is 65.5 Å². The Morgan fingerprint density at radius 2 is 1.95 bits per heavy atom. The van der Waals surface area contributed by atoms with Gasteiger partial charge in [0, 0.05) is 19.1 Å². The number of aliphatic carboxylic acids is 1. The summed E-state index contributed by atoms with van der Waals surface area (Å²) in [4.78, 5) is 25.4. The number of carboxylic acids is 1. The minimum Gasteiger partial charge on any atom is -0.480 e. The molecule has 8 heteroatoms. The van der Waals surface area contributed by atoms with Crippen LogP contribution in [0.15, 0.2) is 0 Å². The molecule has 1 N–H and O–H groups in total. The van der Waals surface area contributed by atoms with Crippen LogP contribution < -0.4 is 0 Å². The third-order valence-corrected chi connectivity index (χ3v) is 6.31. The first-order valence-corrected chi connectivity index (χ1v) is 9.41. The molecule has 1 saturated carbocycles. The molecule has 0 aromatic rings. The lowest BCUT2D eigenvalue weighted by atomic mass is 9.97. The number of hydrogen-bond donors (Lipinski definition) is 1. The maximum Gasteiger partial charge on any atom is 0.326 e. The molecule has 2 atom stereocenters. The summed E-state index contributed by atoms with van der Waals surface area (Å²) in [7, 11) is -3.31. The molecule has 2 unspecified atom stereocenters. The molecule has 1 heterocycles. The van der Waals surface area contributed by atoms with Gasteiger partial charge in [0.05, 0.1) is 11.7 Å². The average Bonchev–Trinajstić information content (AvgIpc) is 3.32. The quantitative estimate of drug-likeness (QED) is 0.765. The van der Waals surface area contributed by atoms with Crippen LogP contribution in [0, 0.1) is 5.92 Å². The SMILES string of the molecule is CCS(=O)(=O)N1CCCC(C(=O)N(C2CC2)C(C)C(=O)O)C1. The molecule has 126 valence electrons. The van der Waals surface area contributed by atoms with Gasteiger partial charge in [-0.25, -0.2) is 17.5 Å². The van der Waals surface area contributed by atoms with E-state index in [9.17, 15) is 23.1 Å². The zero-order chi connectivity index (χ0) is 16.5. The zero-order valence-corrected chi connectivity index (χ0v) is 13.9. The summed E-state index contributed by atoms with van der Waals surface area (Å²) in [6.45, 7) is 3.72. The molecule has 1 aliphatic carbocycles. The van der Waals surface area contributed by atoms with E-state index in [-0.39, 0.29) is 24.2 Å². The Kier molecular flexibility index (Phi) is 5.11. The summed E-state index contributed by atoms with van der Waals surface area (Å²) in [6.07, 6.45) is 2.90. The number of carboxylic acid groups (broad SMARTS) is 1. The van der Waals surface area contributed by atoms with Gasteiger partial charge in [-0.2, -0.15) is 0 Å². The highest BCUT2D eigenvalue weighted by Gasteiger charge is 2.42. The first-order chi connectivity index (χ1) is 10.3. The van der Waals surface area contributed by atoms with Crippen LogP contribution in [0.1, 0.15) is 39.5 Å². The monoisotopic (exact) mass is 332 g/mol. The topological polar surface area (TPSA) is 95.0 Å². The summed E-state index contributed by atoms with van der Waals surface area (Å²) in [5.74, 6) is -1.65. The third kappa shape index (κ3) is 3.60. The number of carbonyl (C=O) groups excluding carboxylic acids is 1. The average molecular weight is 332 g/mol. The van der Waals surface area contributed by atoms with Gasteiger partial charge in [-0.1, -0.05) is 0 Å². The van der Waals surface area contributed by atoms with Gasteiger partial charge in [0.15, 0.2) is 0 Å². The molecule has 2 fully saturated rings. The first-order valence-electron chi connectivity index (χ1n) is 7.80. The Hall–Kier alpha value is -1.15. The van der Waals surface area contributed by atoms with Gasteiger partial charge in [-0.3, -0.25) is 4.79 Å². The lowest BCUT2D eigenvalue weighted by Gasteiger charge is -2.35. The number of amides is 1. The van der Waals surface area contributed by atoms with Crippen molar-refractivity contribution in [3.8, 4) is 0 Å². The van der Waals surface area contributed by atoms with Crippen molar-refractivity contribution in [2.75, 3.05) is 18.8 Å². The van der Waals surface area contributed by atoms with Crippen molar-refractivity contribution in [2.45, 2.75) is 51.6 Å². The Bertz CT molecular complexity index is 543. The highest BCUT2D eigenvalue weighted by molar-refractivity contribution is 7.89. The van der Waals surface area contributed by atoms with Crippen LogP contribution in [0.2, 0.25) is 0 Å². The van der Waals surface area contributed by atoms with Gasteiger partial charge >= 0.3 is 5.97 Å². The van der Waals surface area contributed by atoms with E-state index < -0.39 is 28.0 Å². The van der Waals surface area contributed by atoms with Crippen LogP contribution in [0.4, 0.5) is 0 Å². The van der Waals surface area contributed by atoms with Crippen LogP contribution in [0.5, 0.6) is 0 Å². The van der Waals surface area contributed by atoms with Crippen molar-refractivity contribution in [3.05, 3.63) is 0 Å². The number of hydrogen-bond acceptors (Lipinski definition) is 4. The van der Waals surface area contributed by atoms with Crippen molar-refractivity contribution in [1.82, 2.24) is 9.21 Å². The van der Waals surface area contributed by atoms with E-state index in [4.69, 9.17) is 0 Å². The zero-order valence-electron chi connectivity index (χ0n) is 13.1. The van der Waals surface area contributed by atoms with Crippen molar-refractivity contribution in [1.29, 1.82) is 0 Å². The molecule has 0 radical (unpaired) electrons. The molecular formula is C14H24N2O5S. The van der Waals surface area contributed by atoms with Crippen LogP contribution in [0.3, 0.4) is 0 Å². The van der Waals surface area contributed by atoms with Crippen molar-refractivity contribution >= 4 is 21.9 Å². The number of piperidine rings is 1. The number of nitrogens with zero attached hydrogens (tertiary/aromatic N) is 2. The summed E-state index contributed by atoms with van der Waals surface area (Å²) in [6, 6.07) is -0.866. The molecule has 0 spiro atoms. The Labute approximate surface area is 131 Å². The summed E-state index contributed by atoms with van der Waals surface area (Å²) in [5.41, 5.74) is 0. The molecule has 1 saturated heterocycles. The Morgan fingerprint density at radius 3 is 2.45 bits per heavy atom. The second kappa shape index (κ2) is 6.54. The molecule has 0 bridgehead atoms. The van der Waals surface area contributed by atoms with Gasteiger partial charge in [0.25, 0.3) is 0 Å². The number of rotatable bonds is 6. The van der Waals surface area contributed by atoms with E-state index in [1.54, 1.807) is 6.92 Å². The molecule has 1 amide bonds. The van der Waals surface area contributed by atoms with Gasteiger partial charge < -0.3 is 10.0 Å². The largest absolute Gasteiger partial charge is 0.480 e. The molecule has 2 rings (SSSR count). The lowest BCUT2D eigenvalue weighted by Crippen LogP contribution is -2.51. The third-order valence-electron chi connectivity index (χ3n) is 4.46. The van der Waals surface area contributed by atoms with Crippen molar-refractivity contribution < 1.29 is 23.1 Å². The van der Waals surface area contributed by atoms with E-state index >= 15 is 0 Å². The fourth-order valence-electron chi connectivity index (χ4n) is 2.95. The Morgan fingerprint density at radius 1 is 1.32 bits per heavy atom. The molecular weight excluding hydrogens is 308 g/mol. The number of sulfonamides is 1. The van der Waals surface area contributed by atoms with E-state index in [2.05, 4.69) is 0 Å². The lowest BCUT2D eigenvalue weighted by molar-refractivity contribution is -0.152. The molecule has 7 nitrogen and oxygen atoms in total. The molecule has 2 aliphatic rings. The maximum atomic E-state index is 12.7. The van der Waals surface area contributed by atoms with Crippen molar-refractivity contribution in [3.63, 3.8) is 0 Å². The fourth-order valence-corrected chi connectivity index (χ4v) is 4.13. The molecule has 1 aliphatic heterocycles. The van der Waals surface area contributed by atoms with E-state index in [0.717, 1.165) is 12.8 Å². The molecule has 22 heavy (non-hydrogen) atoms. The maximum absolute atomic E-state index is 12.7. The molecule has 0 aromatic carbocycles. The van der Waals surface area contributed by atoms with Crippen LogP contribution in [0.25, 0.3) is 0 Å². The summed E-state index contributed by atoms with van der Waals surface area (Å²) < 4.78 is 25.3. The van der Waals surface area contributed by atoms with Gasteiger partial charge in [-0.15, -0.1) is 0 Å². The van der Waals surface area contributed by atoms with Gasteiger partial charge in [-0.05, 0) is 39.5 Å². The summed E-state index contributed by atoms with van der Waals surface area (Å²) in [5, 5.41) is 9.20. The molecule has 0 aromatic heterocycles. The highest BCUT2D eigenvalue weighted by atomic mass is 32.2. The van der Waals surface area contributed by atoms with Crippen molar-refractivity contribution in [2.24, 2.45) is 5.92 Å². The minimum atomic E-state index is -3.31. The van der Waals surface area contributed by atoms with Crippen LogP contribution >= 0.6 is 0 Å². The fraction of sp³-hybridized carbons (Fsp3) is 0.857. The first kappa shape index (κ1) is 17.2. The predicted octanol–water partition coefficient (Wildman–Crippen LogP) is 0.512. The Balaban J connectivity index is 2.12. The van der Waals surface area contributed by atoms with E-state index in [1.807, 2.05) is 0 Å². The van der Waals surface area contributed by atoms with Gasteiger partial charge in [0.1, 0.15) is 6.04 Å².